The third kappa shape index (κ3) is 3.39. The molecular formula is C12H18BrClN2O2S2. The van der Waals surface area contributed by atoms with Gasteiger partial charge in [-0.2, -0.15) is 4.31 Å². The van der Waals surface area contributed by atoms with E-state index < -0.39 is 10.0 Å². The molecule has 1 aliphatic rings. The van der Waals surface area contributed by atoms with Gasteiger partial charge >= 0.3 is 0 Å². The van der Waals surface area contributed by atoms with Gasteiger partial charge in [-0.3, -0.25) is 0 Å². The SMILES string of the molecule is CCN(C1CCC(N)CC1)S(=O)(=O)c1cc(Cl)c(Br)s1. The summed E-state index contributed by atoms with van der Waals surface area (Å²) < 4.78 is 28.0. The van der Waals surface area contributed by atoms with Crippen molar-refractivity contribution in [2.45, 2.75) is 48.9 Å². The largest absolute Gasteiger partial charge is 0.328 e. The third-order valence-electron chi connectivity index (χ3n) is 3.65. The molecule has 8 heteroatoms. The zero-order valence-electron chi connectivity index (χ0n) is 11.2. The Balaban J connectivity index is 2.25. The first-order chi connectivity index (χ1) is 9.36. The molecule has 20 heavy (non-hydrogen) atoms. The van der Waals surface area contributed by atoms with Crippen LogP contribution in [0.15, 0.2) is 14.1 Å². The van der Waals surface area contributed by atoms with Crippen LogP contribution in [0, 0.1) is 0 Å². The Kier molecular flexibility index (Phi) is 5.53. The second-order valence-corrected chi connectivity index (χ2v) is 9.86. The topological polar surface area (TPSA) is 63.4 Å². The zero-order valence-corrected chi connectivity index (χ0v) is 15.2. The molecule has 1 heterocycles. The summed E-state index contributed by atoms with van der Waals surface area (Å²) in [5, 5.41) is 0.440. The fraction of sp³-hybridized carbons (Fsp3) is 0.667. The van der Waals surface area contributed by atoms with Crippen molar-refractivity contribution < 1.29 is 8.42 Å². The Hall–Kier alpha value is 0.340. The van der Waals surface area contributed by atoms with Gasteiger partial charge < -0.3 is 5.73 Å². The van der Waals surface area contributed by atoms with E-state index in [9.17, 15) is 8.42 Å². The van der Waals surface area contributed by atoms with Crippen LogP contribution in [0.1, 0.15) is 32.6 Å². The fourth-order valence-electron chi connectivity index (χ4n) is 2.58. The Morgan fingerprint density at radius 3 is 2.50 bits per heavy atom. The molecule has 0 spiro atoms. The highest BCUT2D eigenvalue weighted by molar-refractivity contribution is 9.11. The van der Waals surface area contributed by atoms with Crippen molar-refractivity contribution in [2.24, 2.45) is 5.73 Å². The van der Waals surface area contributed by atoms with Gasteiger partial charge in [0.1, 0.15) is 4.21 Å². The minimum Gasteiger partial charge on any atom is -0.328 e. The predicted octanol–water partition coefficient (Wildman–Crippen LogP) is 3.44. The molecule has 1 saturated carbocycles. The highest BCUT2D eigenvalue weighted by Gasteiger charge is 2.33. The van der Waals surface area contributed by atoms with E-state index in [1.807, 2.05) is 6.92 Å². The first kappa shape index (κ1) is 16.7. The summed E-state index contributed by atoms with van der Waals surface area (Å²) >= 11 is 10.4. The quantitative estimate of drug-likeness (QED) is 0.840. The monoisotopic (exact) mass is 400 g/mol. The molecule has 1 fully saturated rings. The molecule has 2 N–H and O–H groups in total. The van der Waals surface area contributed by atoms with E-state index in [1.54, 1.807) is 4.31 Å². The van der Waals surface area contributed by atoms with Crippen LogP contribution in [0.3, 0.4) is 0 Å². The van der Waals surface area contributed by atoms with Gasteiger partial charge in [0, 0.05) is 18.6 Å². The fourth-order valence-corrected chi connectivity index (χ4v) is 6.81. The van der Waals surface area contributed by atoms with Crippen molar-refractivity contribution in [1.29, 1.82) is 0 Å². The third-order valence-corrected chi connectivity index (χ3v) is 8.60. The molecule has 0 atom stereocenters. The van der Waals surface area contributed by atoms with Gasteiger partial charge in [-0.25, -0.2) is 8.42 Å². The molecule has 0 aromatic carbocycles. The molecule has 114 valence electrons. The minimum absolute atomic E-state index is 0.0458. The molecule has 0 saturated heterocycles. The number of halogens is 2. The Bertz CT molecular complexity index is 549. The number of hydrogen-bond acceptors (Lipinski definition) is 4. The van der Waals surface area contributed by atoms with Crippen LogP contribution in [0.5, 0.6) is 0 Å². The number of nitrogens with zero attached hydrogens (tertiary/aromatic N) is 1. The van der Waals surface area contributed by atoms with E-state index in [0.717, 1.165) is 37.0 Å². The Labute approximate surface area is 137 Å². The lowest BCUT2D eigenvalue weighted by Crippen LogP contribution is -2.43. The van der Waals surface area contributed by atoms with E-state index in [0.29, 0.717) is 19.6 Å². The zero-order chi connectivity index (χ0) is 14.9. The summed E-state index contributed by atoms with van der Waals surface area (Å²) in [6.07, 6.45) is 3.42. The van der Waals surface area contributed by atoms with Gasteiger partial charge in [0.25, 0.3) is 10.0 Å². The summed E-state index contributed by atoms with van der Waals surface area (Å²) in [6.45, 7) is 2.34. The van der Waals surface area contributed by atoms with Crippen LogP contribution < -0.4 is 5.73 Å². The van der Waals surface area contributed by atoms with Crippen molar-refractivity contribution in [1.82, 2.24) is 4.31 Å². The Morgan fingerprint density at radius 1 is 1.45 bits per heavy atom. The van der Waals surface area contributed by atoms with Crippen LogP contribution in [0.4, 0.5) is 0 Å². The first-order valence-corrected chi connectivity index (χ1v) is 10.0. The number of sulfonamides is 1. The molecule has 1 aromatic rings. The van der Waals surface area contributed by atoms with Crippen molar-refractivity contribution >= 4 is 48.9 Å². The van der Waals surface area contributed by atoms with Crippen LogP contribution in [-0.4, -0.2) is 31.4 Å². The van der Waals surface area contributed by atoms with Gasteiger partial charge in [0.05, 0.1) is 8.81 Å². The van der Waals surface area contributed by atoms with Crippen molar-refractivity contribution in [3.8, 4) is 0 Å². The highest BCUT2D eigenvalue weighted by Crippen LogP contribution is 2.37. The summed E-state index contributed by atoms with van der Waals surface area (Å²) in [4.78, 5) is 0. The summed E-state index contributed by atoms with van der Waals surface area (Å²) in [5.41, 5.74) is 5.89. The molecule has 0 amide bonds. The molecule has 0 aliphatic heterocycles. The van der Waals surface area contributed by atoms with Gasteiger partial charge in [0.2, 0.25) is 0 Å². The molecular weight excluding hydrogens is 384 g/mol. The van der Waals surface area contributed by atoms with Crippen LogP contribution >= 0.6 is 38.9 Å². The molecule has 4 nitrogen and oxygen atoms in total. The average Bonchev–Trinajstić information content (AvgIpc) is 2.73. The van der Waals surface area contributed by atoms with E-state index in [4.69, 9.17) is 17.3 Å². The number of thiophene rings is 1. The predicted molar refractivity (Wildman–Crippen MR) is 86.8 cm³/mol. The molecule has 1 aromatic heterocycles. The summed E-state index contributed by atoms with van der Waals surface area (Å²) in [7, 11) is -3.47. The van der Waals surface area contributed by atoms with Crippen LogP contribution in [0.2, 0.25) is 5.02 Å². The molecule has 1 aliphatic carbocycles. The van der Waals surface area contributed by atoms with Gasteiger partial charge in [-0.1, -0.05) is 18.5 Å². The molecule has 2 rings (SSSR count). The average molecular weight is 402 g/mol. The van der Waals surface area contributed by atoms with Gasteiger partial charge in [0.15, 0.2) is 0 Å². The lowest BCUT2D eigenvalue weighted by atomic mass is 9.92. The van der Waals surface area contributed by atoms with Crippen molar-refractivity contribution in [3.05, 3.63) is 14.9 Å². The smallest absolute Gasteiger partial charge is 0.252 e. The summed E-state index contributed by atoms with van der Waals surface area (Å²) in [6, 6.07) is 1.77. The number of hydrogen-bond donors (Lipinski definition) is 1. The lowest BCUT2D eigenvalue weighted by Gasteiger charge is -2.34. The molecule has 0 radical (unpaired) electrons. The first-order valence-electron chi connectivity index (χ1n) is 6.58. The standard InChI is InChI=1S/C12H18BrClN2O2S2/c1-2-16(9-5-3-8(15)4-6-9)20(17,18)11-7-10(14)12(13)19-11/h7-9H,2-6,15H2,1H3. The number of rotatable bonds is 4. The van der Waals surface area contributed by atoms with E-state index >= 15 is 0 Å². The van der Waals surface area contributed by atoms with E-state index in [-0.39, 0.29) is 12.1 Å². The lowest BCUT2D eigenvalue weighted by molar-refractivity contribution is 0.247. The maximum atomic E-state index is 12.7. The second-order valence-electron chi connectivity index (χ2n) is 4.96. The second kappa shape index (κ2) is 6.62. The maximum absolute atomic E-state index is 12.7. The van der Waals surface area contributed by atoms with Crippen molar-refractivity contribution in [3.63, 3.8) is 0 Å². The van der Waals surface area contributed by atoms with Gasteiger partial charge in [-0.15, -0.1) is 11.3 Å². The van der Waals surface area contributed by atoms with Crippen LogP contribution in [0.25, 0.3) is 0 Å². The summed E-state index contributed by atoms with van der Waals surface area (Å²) in [5.74, 6) is 0. The highest BCUT2D eigenvalue weighted by atomic mass is 79.9. The normalized spacial score (nSPS) is 24.2. The van der Waals surface area contributed by atoms with Crippen LogP contribution in [-0.2, 0) is 10.0 Å². The van der Waals surface area contributed by atoms with Gasteiger partial charge in [-0.05, 0) is 47.7 Å². The molecule has 0 bridgehead atoms. The van der Waals surface area contributed by atoms with E-state index in [2.05, 4.69) is 15.9 Å². The molecule has 0 unspecified atom stereocenters. The number of nitrogens with two attached hydrogens (primary N) is 1. The minimum atomic E-state index is -3.47. The van der Waals surface area contributed by atoms with E-state index in [1.165, 1.54) is 6.07 Å². The maximum Gasteiger partial charge on any atom is 0.252 e. The Morgan fingerprint density at radius 2 is 2.05 bits per heavy atom. The van der Waals surface area contributed by atoms with Crippen molar-refractivity contribution in [2.75, 3.05) is 6.54 Å².